The first-order chi connectivity index (χ1) is 9.63. The van der Waals surface area contributed by atoms with E-state index in [9.17, 15) is 10.1 Å². The molecule has 0 aromatic carbocycles. The van der Waals surface area contributed by atoms with Gasteiger partial charge in [-0.05, 0) is 39.2 Å². The Balaban J connectivity index is 2.04. The molecular formula is C13H23N5O2. The van der Waals surface area contributed by atoms with Crippen LogP contribution in [0.3, 0.4) is 0 Å². The molecule has 0 spiro atoms. The molecule has 2 rings (SSSR count). The van der Waals surface area contributed by atoms with E-state index in [4.69, 9.17) is 0 Å². The first kappa shape index (κ1) is 14.8. The van der Waals surface area contributed by atoms with Gasteiger partial charge < -0.3 is 10.6 Å². The standard InChI is InChI=1S/C13H23N5O2/c1-3-9-17-13(12(18(19)20)10(2)16-17)15-8-6-11-5-4-7-14-11/h11,14-15H,3-9H2,1-2H3. The van der Waals surface area contributed by atoms with Crippen LogP contribution < -0.4 is 10.6 Å². The van der Waals surface area contributed by atoms with Gasteiger partial charge in [0.25, 0.3) is 0 Å². The summed E-state index contributed by atoms with van der Waals surface area (Å²) in [5, 5.41) is 22.1. The molecule has 1 atom stereocenters. The van der Waals surface area contributed by atoms with Crippen LogP contribution in [-0.2, 0) is 6.54 Å². The highest BCUT2D eigenvalue weighted by atomic mass is 16.6. The van der Waals surface area contributed by atoms with E-state index in [-0.39, 0.29) is 10.6 Å². The first-order valence-electron chi connectivity index (χ1n) is 7.32. The maximum Gasteiger partial charge on any atom is 0.333 e. The van der Waals surface area contributed by atoms with Gasteiger partial charge in [-0.3, -0.25) is 10.1 Å². The van der Waals surface area contributed by atoms with Crippen LogP contribution in [0.4, 0.5) is 11.5 Å². The molecule has 2 N–H and O–H groups in total. The monoisotopic (exact) mass is 281 g/mol. The highest BCUT2D eigenvalue weighted by Crippen LogP contribution is 2.28. The number of nitrogens with one attached hydrogen (secondary N) is 2. The van der Waals surface area contributed by atoms with Gasteiger partial charge in [-0.1, -0.05) is 6.92 Å². The summed E-state index contributed by atoms with van der Waals surface area (Å²) in [7, 11) is 0. The Labute approximate surface area is 118 Å². The number of hydrogen-bond donors (Lipinski definition) is 2. The minimum absolute atomic E-state index is 0.109. The number of anilines is 1. The summed E-state index contributed by atoms with van der Waals surface area (Å²) in [6, 6.07) is 0.533. The molecule has 0 radical (unpaired) electrons. The Hall–Kier alpha value is -1.63. The lowest BCUT2D eigenvalue weighted by atomic mass is 10.1. The number of aromatic nitrogens is 2. The van der Waals surface area contributed by atoms with Crippen molar-refractivity contribution in [3.05, 3.63) is 15.8 Å². The lowest BCUT2D eigenvalue weighted by Crippen LogP contribution is -2.24. The van der Waals surface area contributed by atoms with Crippen LogP contribution in [0.1, 0.15) is 38.3 Å². The van der Waals surface area contributed by atoms with Crippen LogP contribution in [0, 0.1) is 17.0 Å². The van der Waals surface area contributed by atoms with Crippen LogP contribution in [0.5, 0.6) is 0 Å². The van der Waals surface area contributed by atoms with Crippen molar-refractivity contribution in [2.75, 3.05) is 18.4 Å². The number of nitro groups is 1. The summed E-state index contributed by atoms with van der Waals surface area (Å²) in [5.74, 6) is 0.548. The van der Waals surface area contributed by atoms with E-state index in [2.05, 4.69) is 15.7 Å². The topological polar surface area (TPSA) is 85.0 Å². The Kier molecular flexibility index (Phi) is 4.94. The highest BCUT2D eigenvalue weighted by molar-refractivity contribution is 5.59. The lowest BCUT2D eigenvalue weighted by Gasteiger charge is -2.12. The summed E-state index contributed by atoms with van der Waals surface area (Å²) in [6.07, 6.45) is 4.29. The molecule has 0 saturated carbocycles. The zero-order valence-corrected chi connectivity index (χ0v) is 12.2. The SMILES string of the molecule is CCCn1nc(C)c([N+](=O)[O-])c1NCCC1CCCN1. The van der Waals surface area contributed by atoms with Gasteiger partial charge in [0.1, 0.15) is 5.69 Å². The van der Waals surface area contributed by atoms with Crippen LogP contribution in [0.25, 0.3) is 0 Å². The predicted octanol–water partition coefficient (Wildman–Crippen LogP) is 2.06. The zero-order chi connectivity index (χ0) is 14.5. The normalized spacial score (nSPS) is 18.4. The van der Waals surface area contributed by atoms with Gasteiger partial charge in [0, 0.05) is 19.1 Å². The average molecular weight is 281 g/mol. The Morgan fingerprint density at radius 1 is 1.60 bits per heavy atom. The van der Waals surface area contributed by atoms with Crippen molar-refractivity contribution in [2.24, 2.45) is 0 Å². The summed E-state index contributed by atoms with van der Waals surface area (Å²) < 4.78 is 1.72. The van der Waals surface area contributed by atoms with Crippen molar-refractivity contribution in [3.8, 4) is 0 Å². The minimum Gasteiger partial charge on any atom is -0.364 e. The van der Waals surface area contributed by atoms with Crippen molar-refractivity contribution in [3.63, 3.8) is 0 Å². The second-order valence-electron chi connectivity index (χ2n) is 5.27. The molecule has 1 unspecified atom stereocenters. The van der Waals surface area contributed by atoms with Crippen LogP contribution in [0.2, 0.25) is 0 Å². The van der Waals surface area contributed by atoms with Crippen molar-refractivity contribution >= 4 is 11.5 Å². The fourth-order valence-corrected chi connectivity index (χ4v) is 2.71. The number of aryl methyl sites for hydroxylation is 2. The Bertz CT molecular complexity index is 466. The molecule has 20 heavy (non-hydrogen) atoms. The summed E-state index contributed by atoms with van der Waals surface area (Å²) >= 11 is 0. The Morgan fingerprint density at radius 2 is 2.40 bits per heavy atom. The molecule has 1 aliphatic heterocycles. The summed E-state index contributed by atoms with van der Waals surface area (Å²) in [6.45, 7) is 6.23. The van der Waals surface area contributed by atoms with Crippen LogP contribution >= 0.6 is 0 Å². The molecule has 0 aliphatic carbocycles. The van der Waals surface area contributed by atoms with Gasteiger partial charge in [0.15, 0.2) is 0 Å². The van der Waals surface area contributed by atoms with E-state index in [0.717, 1.165) is 25.9 Å². The molecule has 0 bridgehead atoms. The molecule has 7 heteroatoms. The molecule has 2 heterocycles. The van der Waals surface area contributed by atoms with Gasteiger partial charge >= 0.3 is 5.69 Å². The average Bonchev–Trinajstić information content (AvgIpc) is 2.99. The number of rotatable bonds is 7. The van der Waals surface area contributed by atoms with Gasteiger partial charge in [-0.2, -0.15) is 5.10 Å². The summed E-state index contributed by atoms with van der Waals surface area (Å²) in [5.41, 5.74) is 0.586. The maximum absolute atomic E-state index is 11.2. The second kappa shape index (κ2) is 6.69. The molecule has 1 aromatic heterocycles. The molecule has 1 saturated heterocycles. The van der Waals surface area contributed by atoms with E-state index in [0.29, 0.717) is 24.1 Å². The second-order valence-corrected chi connectivity index (χ2v) is 5.27. The van der Waals surface area contributed by atoms with E-state index in [1.807, 2.05) is 6.92 Å². The van der Waals surface area contributed by atoms with E-state index >= 15 is 0 Å². The third-order valence-corrected chi connectivity index (χ3v) is 3.66. The fraction of sp³-hybridized carbons (Fsp3) is 0.769. The van der Waals surface area contributed by atoms with E-state index in [1.165, 1.54) is 12.8 Å². The highest BCUT2D eigenvalue weighted by Gasteiger charge is 2.25. The number of nitrogens with zero attached hydrogens (tertiary/aromatic N) is 3. The largest absolute Gasteiger partial charge is 0.364 e. The van der Waals surface area contributed by atoms with E-state index < -0.39 is 0 Å². The smallest absolute Gasteiger partial charge is 0.333 e. The minimum atomic E-state index is -0.343. The molecular weight excluding hydrogens is 258 g/mol. The third kappa shape index (κ3) is 3.27. The third-order valence-electron chi connectivity index (χ3n) is 3.66. The molecule has 1 fully saturated rings. The van der Waals surface area contributed by atoms with Gasteiger partial charge in [-0.25, -0.2) is 4.68 Å². The van der Waals surface area contributed by atoms with E-state index in [1.54, 1.807) is 11.6 Å². The fourth-order valence-electron chi connectivity index (χ4n) is 2.71. The van der Waals surface area contributed by atoms with Gasteiger partial charge in [0.05, 0.1) is 4.92 Å². The van der Waals surface area contributed by atoms with Gasteiger partial charge in [-0.15, -0.1) is 0 Å². The molecule has 112 valence electrons. The number of hydrogen-bond acceptors (Lipinski definition) is 5. The molecule has 7 nitrogen and oxygen atoms in total. The van der Waals surface area contributed by atoms with Crippen molar-refractivity contribution < 1.29 is 4.92 Å². The summed E-state index contributed by atoms with van der Waals surface area (Å²) in [4.78, 5) is 10.8. The molecule has 0 amide bonds. The first-order valence-corrected chi connectivity index (χ1v) is 7.32. The molecule has 1 aliphatic rings. The molecule has 1 aromatic rings. The maximum atomic E-state index is 11.2. The predicted molar refractivity (Wildman–Crippen MR) is 78.0 cm³/mol. The lowest BCUT2D eigenvalue weighted by molar-refractivity contribution is -0.384. The van der Waals surface area contributed by atoms with Crippen molar-refractivity contribution in [2.45, 2.75) is 52.1 Å². The zero-order valence-electron chi connectivity index (χ0n) is 12.2. The van der Waals surface area contributed by atoms with Crippen molar-refractivity contribution in [1.29, 1.82) is 0 Å². The van der Waals surface area contributed by atoms with Crippen molar-refractivity contribution in [1.82, 2.24) is 15.1 Å². The quantitative estimate of drug-likeness (QED) is 0.590. The van der Waals surface area contributed by atoms with Crippen LogP contribution in [0.15, 0.2) is 0 Å². The Morgan fingerprint density at radius 3 is 3.00 bits per heavy atom. The van der Waals surface area contributed by atoms with Gasteiger partial charge in [0.2, 0.25) is 5.82 Å². The van der Waals surface area contributed by atoms with Crippen LogP contribution in [-0.4, -0.2) is 33.8 Å².